The summed E-state index contributed by atoms with van der Waals surface area (Å²) in [6.07, 6.45) is 6.03. The van der Waals surface area contributed by atoms with Gasteiger partial charge in [-0.05, 0) is 106 Å². The van der Waals surface area contributed by atoms with Crippen LogP contribution in [0.15, 0.2) is 4.52 Å². The summed E-state index contributed by atoms with van der Waals surface area (Å²) in [5.41, 5.74) is -1.16. The Balaban J connectivity index is 1.44. The Labute approximate surface area is 233 Å². The fraction of sp³-hybridized carbons (Fsp3) is 0.875. The smallest absolute Gasteiger partial charge is 0.358 e. The van der Waals surface area contributed by atoms with Crippen molar-refractivity contribution >= 4 is 5.97 Å². The molecule has 0 radical (unpaired) electrons. The van der Waals surface area contributed by atoms with Gasteiger partial charge in [0.1, 0.15) is 5.76 Å². The number of hydrogen-bond donors (Lipinski definition) is 3. The molecule has 4 fully saturated rings. The van der Waals surface area contributed by atoms with Gasteiger partial charge in [-0.2, -0.15) is 0 Å². The highest BCUT2D eigenvalue weighted by Crippen LogP contribution is 2.75. The molecule has 2 heterocycles. The second kappa shape index (κ2) is 8.10. The first-order chi connectivity index (χ1) is 17.9. The van der Waals surface area contributed by atoms with E-state index in [1.807, 2.05) is 0 Å². The number of fused-ring (bicyclic) bond motifs is 6. The zero-order valence-electron chi connectivity index (χ0n) is 25.1. The molecule has 218 valence electrons. The van der Waals surface area contributed by atoms with E-state index >= 15 is 0 Å². The van der Waals surface area contributed by atoms with Gasteiger partial charge < -0.3 is 24.6 Å². The van der Waals surface area contributed by atoms with E-state index in [9.17, 15) is 20.1 Å². The van der Waals surface area contributed by atoms with Crippen LogP contribution in [0.1, 0.15) is 122 Å². The lowest BCUT2D eigenvalue weighted by atomic mass is 9.34. The lowest BCUT2D eigenvalue weighted by Gasteiger charge is -2.70. The van der Waals surface area contributed by atoms with Gasteiger partial charge in [-0.1, -0.05) is 39.8 Å². The molecule has 1 aromatic heterocycles. The third-order valence-corrected chi connectivity index (χ3v) is 13.3. The summed E-state index contributed by atoms with van der Waals surface area (Å²) in [4.78, 5) is 12.1. The number of ether oxygens (including phenoxy) is 1. The maximum Gasteiger partial charge on any atom is 0.358 e. The maximum atomic E-state index is 12.1. The van der Waals surface area contributed by atoms with Gasteiger partial charge in [0.15, 0.2) is 5.69 Å². The topological polar surface area (TPSA) is 113 Å². The van der Waals surface area contributed by atoms with Crippen molar-refractivity contribution in [1.82, 2.24) is 5.16 Å². The van der Waals surface area contributed by atoms with E-state index in [2.05, 4.69) is 60.5 Å². The average molecular weight is 544 g/mol. The minimum absolute atomic E-state index is 0.00844. The van der Waals surface area contributed by atoms with E-state index in [0.717, 1.165) is 32.1 Å². The van der Waals surface area contributed by atoms with E-state index in [1.54, 1.807) is 0 Å². The van der Waals surface area contributed by atoms with Gasteiger partial charge >= 0.3 is 5.97 Å². The van der Waals surface area contributed by atoms with Gasteiger partial charge in [-0.25, -0.2) is 4.79 Å². The number of nitrogens with zero attached hydrogens (tertiary/aromatic N) is 1. The van der Waals surface area contributed by atoms with Crippen LogP contribution in [0.3, 0.4) is 0 Å². The first-order valence-electron chi connectivity index (χ1n) is 15.2. The molecule has 0 amide bonds. The second-order valence-corrected chi connectivity index (χ2v) is 16.2. The summed E-state index contributed by atoms with van der Waals surface area (Å²) in [6.45, 7) is 17.8. The third kappa shape index (κ3) is 3.45. The van der Waals surface area contributed by atoms with Crippen LogP contribution in [0.25, 0.3) is 0 Å². The number of carboxylic acids is 1. The Hall–Kier alpha value is -1.44. The zero-order chi connectivity index (χ0) is 28.6. The standard InChI is InChI=1S/C32H49NO6/c1-27(2)11-9-12-32(8,39-27)18-10-13-30(6)22(18)19(34)14-21-29(5)15-17-23(26(36)37)33-38-25(17)28(3,4)24(29)20(35)16-31(21,30)7/h18-22,24,34-35H,9-16H2,1-8H3,(H,36,37)/t18-,19+,20-,21+,22-,24-,29+,30+,31+,32+/m0/s1. The van der Waals surface area contributed by atoms with Crippen LogP contribution in [-0.2, 0) is 16.6 Å². The van der Waals surface area contributed by atoms with Crippen LogP contribution in [0.5, 0.6) is 0 Å². The summed E-state index contributed by atoms with van der Waals surface area (Å²) in [6, 6.07) is 0. The van der Waals surface area contributed by atoms with E-state index in [1.165, 1.54) is 0 Å². The van der Waals surface area contributed by atoms with Crippen molar-refractivity contribution in [2.75, 3.05) is 0 Å². The quantitative estimate of drug-likeness (QED) is 0.435. The molecule has 6 rings (SSSR count). The molecule has 3 N–H and O–H groups in total. The van der Waals surface area contributed by atoms with E-state index in [0.29, 0.717) is 30.6 Å². The monoisotopic (exact) mass is 543 g/mol. The van der Waals surface area contributed by atoms with Crippen LogP contribution in [-0.4, -0.2) is 49.9 Å². The number of carbonyl (C=O) groups is 1. The number of aliphatic hydroxyl groups is 2. The van der Waals surface area contributed by atoms with Crippen molar-refractivity contribution in [1.29, 1.82) is 0 Å². The first kappa shape index (κ1) is 27.7. The molecule has 4 aliphatic carbocycles. The number of carboxylic acid groups (broad SMARTS) is 1. The van der Waals surface area contributed by atoms with Gasteiger partial charge in [0, 0.05) is 16.9 Å². The summed E-state index contributed by atoms with van der Waals surface area (Å²) in [5.74, 6) is -0.124. The molecule has 1 aromatic rings. The predicted molar refractivity (Wildman–Crippen MR) is 146 cm³/mol. The number of aromatic nitrogens is 1. The minimum Gasteiger partial charge on any atom is -0.476 e. The summed E-state index contributed by atoms with van der Waals surface area (Å²) in [5, 5.41) is 38.0. The molecule has 1 saturated heterocycles. The molecule has 39 heavy (non-hydrogen) atoms. The zero-order valence-corrected chi connectivity index (χ0v) is 25.1. The Morgan fingerprint density at radius 3 is 2.28 bits per heavy atom. The van der Waals surface area contributed by atoms with Crippen LogP contribution >= 0.6 is 0 Å². The summed E-state index contributed by atoms with van der Waals surface area (Å²) in [7, 11) is 0. The van der Waals surface area contributed by atoms with Crippen molar-refractivity contribution in [2.45, 2.75) is 136 Å². The van der Waals surface area contributed by atoms with Gasteiger partial charge in [0.2, 0.25) is 0 Å². The Kier molecular flexibility index (Phi) is 5.75. The van der Waals surface area contributed by atoms with Gasteiger partial charge in [-0.3, -0.25) is 0 Å². The van der Waals surface area contributed by atoms with Crippen molar-refractivity contribution in [3.05, 3.63) is 17.0 Å². The minimum atomic E-state index is -1.07. The van der Waals surface area contributed by atoms with Gasteiger partial charge in [0.05, 0.1) is 23.4 Å². The Morgan fingerprint density at radius 2 is 1.64 bits per heavy atom. The van der Waals surface area contributed by atoms with Gasteiger partial charge in [-0.15, -0.1) is 0 Å². The molecule has 1 aliphatic heterocycles. The van der Waals surface area contributed by atoms with Crippen molar-refractivity contribution in [3.63, 3.8) is 0 Å². The molecule has 0 aromatic carbocycles. The molecular formula is C32H49NO6. The van der Waals surface area contributed by atoms with Crippen molar-refractivity contribution in [2.24, 2.45) is 39.9 Å². The fourth-order valence-corrected chi connectivity index (χ4v) is 12.0. The Bertz CT molecular complexity index is 1190. The van der Waals surface area contributed by atoms with Crippen molar-refractivity contribution in [3.8, 4) is 0 Å². The third-order valence-electron chi connectivity index (χ3n) is 13.3. The lowest BCUT2D eigenvalue weighted by Crippen LogP contribution is -2.69. The lowest BCUT2D eigenvalue weighted by molar-refractivity contribution is -0.260. The van der Waals surface area contributed by atoms with Crippen LogP contribution in [0, 0.1) is 39.9 Å². The average Bonchev–Trinajstić information content (AvgIpc) is 3.38. The molecule has 0 unspecified atom stereocenters. The van der Waals surface area contributed by atoms with Crippen LogP contribution < -0.4 is 0 Å². The van der Waals surface area contributed by atoms with Crippen LogP contribution in [0.2, 0.25) is 0 Å². The number of hydrogen-bond acceptors (Lipinski definition) is 6. The highest BCUT2D eigenvalue weighted by Gasteiger charge is 2.73. The molecule has 0 bridgehead atoms. The SMILES string of the molecule is CC1(C)CCC[C@](C)([C@H]2CC[C@]3(C)[C@@H]2[C@H](O)C[C@@H]2[C@@]4(C)Cc5c(C(=O)O)noc5C(C)(C)[C@@H]4[C@@H](O)C[C@]23C)O1. The molecule has 7 heteroatoms. The highest BCUT2D eigenvalue weighted by atomic mass is 16.5. The first-order valence-corrected chi connectivity index (χ1v) is 15.2. The maximum absolute atomic E-state index is 12.1. The molecule has 5 aliphatic rings. The predicted octanol–water partition coefficient (Wildman–Crippen LogP) is 5.75. The normalized spacial score (nSPS) is 49.9. The van der Waals surface area contributed by atoms with E-state index < -0.39 is 29.0 Å². The molecule has 0 spiro atoms. The van der Waals surface area contributed by atoms with Crippen LogP contribution in [0.4, 0.5) is 0 Å². The second-order valence-electron chi connectivity index (χ2n) is 16.2. The van der Waals surface area contributed by atoms with Crippen molar-refractivity contribution < 1.29 is 29.4 Å². The number of rotatable bonds is 2. The summed E-state index contributed by atoms with van der Waals surface area (Å²) >= 11 is 0. The Morgan fingerprint density at radius 1 is 0.949 bits per heavy atom. The van der Waals surface area contributed by atoms with E-state index in [4.69, 9.17) is 9.26 Å². The molecule has 10 atom stereocenters. The number of aromatic carboxylic acids is 1. The largest absolute Gasteiger partial charge is 0.476 e. The highest BCUT2D eigenvalue weighted by molar-refractivity contribution is 5.87. The van der Waals surface area contributed by atoms with Gasteiger partial charge in [0.25, 0.3) is 0 Å². The molecule has 3 saturated carbocycles. The molecular weight excluding hydrogens is 494 g/mol. The number of aliphatic hydroxyl groups excluding tert-OH is 2. The van der Waals surface area contributed by atoms with E-state index in [-0.39, 0.29) is 51.4 Å². The summed E-state index contributed by atoms with van der Waals surface area (Å²) < 4.78 is 12.5. The fourth-order valence-electron chi connectivity index (χ4n) is 12.0. The molecule has 7 nitrogen and oxygen atoms in total.